The van der Waals surface area contributed by atoms with Crippen molar-refractivity contribution in [1.29, 1.82) is 0 Å². The van der Waals surface area contributed by atoms with Gasteiger partial charge in [0.2, 0.25) is 5.91 Å². The van der Waals surface area contributed by atoms with Crippen LogP contribution in [0.5, 0.6) is 5.75 Å². The molecule has 0 radical (unpaired) electrons. The minimum atomic E-state index is -3.72. The number of hydrogen-bond acceptors (Lipinski definition) is 5. The molecule has 0 spiro atoms. The van der Waals surface area contributed by atoms with Crippen molar-refractivity contribution in [2.45, 2.75) is 11.3 Å². The summed E-state index contributed by atoms with van der Waals surface area (Å²) in [6.07, 6.45) is 0.281. The van der Waals surface area contributed by atoms with Gasteiger partial charge in [0.1, 0.15) is 5.75 Å². The van der Waals surface area contributed by atoms with E-state index in [2.05, 4.69) is 4.72 Å². The van der Waals surface area contributed by atoms with Crippen LogP contribution in [-0.2, 0) is 26.0 Å². The number of carbonyl (C=O) groups excluding carboxylic acids is 1. The van der Waals surface area contributed by atoms with Crippen LogP contribution in [0.15, 0.2) is 53.4 Å². The Balaban J connectivity index is 1.65. The lowest BCUT2D eigenvalue weighted by atomic mass is 10.1. The molecule has 1 aliphatic rings. The van der Waals surface area contributed by atoms with E-state index in [4.69, 9.17) is 9.47 Å². The first-order valence-corrected chi connectivity index (χ1v) is 10.1. The second-order valence-electron chi connectivity index (χ2n) is 6.15. The summed E-state index contributed by atoms with van der Waals surface area (Å²) in [5.41, 5.74) is 1.26. The standard InChI is InChI=1S/C19H22N2O5S/c1-25-17-3-2-4-18(14-17)27(23,24)20-16-7-5-15(6-8-16)13-19(22)21-9-11-26-12-10-21/h2-8,14,20H,9-13H2,1H3. The summed E-state index contributed by atoms with van der Waals surface area (Å²) in [4.78, 5) is 14.2. The summed E-state index contributed by atoms with van der Waals surface area (Å²) < 4.78 is 37.8. The maximum atomic E-state index is 12.5. The number of nitrogens with one attached hydrogen (secondary N) is 1. The number of amides is 1. The SMILES string of the molecule is COc1cccc(S(=O)(=O)Nc2ccc(CC(=O)N3CCOCC3)cc2)c1. The van der Waals surface area contributed by atoms with E-state index in [9.17, 15) is 13.2 Å². The molecule has 0 saturated carbocycles. The number of nitrogens with zero attached hydrogens (tertiary/aromatic N) is 1. The van der Waals surface area contributed by atoms with Gasteiger partial charge in [0.05, 0.1) is 31.6 Å². The summed E-state index contributed by atoms with van der Waals surface area (Å²) >= 11 is 0. The molecule has 0 aromatic heterocycles. The van der Waals surface area contributed by atoms with Crippen molar-refractivity contribution in [3.05, 3.63) is 54.1 Å². The fourth-order valence-corrected chi connectivity index (χ4v) is 3.87. The first kappa shape index (κ1) is 19.2. The molecule has 2 aromatic rings. The molecular weight excluding hydrogens is 368 g/mol. The smallest absolute Gasteiger partial charge is 0.262 e. The lowest BCUT2D eigenvalue weighted by Gasteiger charge is -2.26. The van der Waals surface area contributed by atoms with Gasteiger partial charge in [-0.15, -0.1) is 0 Å². The third-order valence-corrected chi connectivity index (χ3v) is 5.66. The Morgan fingerprint density at radius 2 is 1.85 bits per heavy atom. The first-order valence-electron chi connectivity index (χ1n) is 8.59. The molecule has 1 aliphatic heterocycles. The molecule has 1 N–H and O–H groups in total. The van der Waals surface area contributed by atoms with Gasteiger partial charge in [0.15, 0.2) is 0 Å². The highest BCUT2D eigenvalue weighted by Crippen LogP contribution is 2.21. The lowest BCUT2D eigenvalue weighted by molar-refractivity contribution is -0.134. The number of hydrogen-bond donors (Lipinski definition) is 1. The summed E-state index contributed by atoms with van der Waals surface area (Å²) in [6, 6.07) is 13.1. The molecule has 0 atom stereocenters. The normalized spacial score (nSPS) is 14.6. The third kappa shape index (κ3) is 4.99. The fraction of sp³-hybridized carbons (Fsp3) is 0.316. The van der Waals surface area contributed by atoms with Crippen LogP contribution in [0.3, 0.4) is 0 Å². The molecule has 0 unspecified atom stereocenters. The van der Waals surface area contributed by atoms with Crippen LogP contribution in [0.4, 0.5) is 5.69 Å². The van der Waals surface area contributed by atoms with E-state index in [1.807, 2.05) is 0 Å². The van der Waals surface area contributed by atoms with Crippen molar-refractivity contribution in [3.63, 3.8) is 0 Å². The van der Waals surface area contributed by atoms with Crippen LogP contribution >= 0.6 is 0 Å². The van der Waals surface area contributed by atoms with Gasteiger partial charge in [-0.05, 0) is 29.8 Å². The molecule has 27 heavy (non-hydrogen) atoms. The Bertz CT molecular complexity index is 891. The predicted octanol–water partition coefficient (Wildman–Crippen LogP) is 1.90. The van der Waals surface area contributed by atoms with E-state index >= 15 is 0 Å². The zero-order valence-electron chi connectivity index (χ0n) is 15.1. The van der Waals surface area contributed by atoms with Gasteiger partial charge in [0.25, 0.3) is 10.0 Å². The number of carbonyl (C=O) groups is 1. The average Bonchev–Trinajstić information content (AvgIpc) is 2.70. The number of benzene rings is 2. The van der Waals surface area contributed by atoms with Crippen molar-refractivity contribution in [2.24, 2.45) is 0 Å². The molecule has 1 heterocycles. The van der Waals surface area contributed by atoms with Gasteiger partial charge in [0, 0.05) is 24.8 Å². The monoisotopic (exact) mass is 390 g/mol. The van der Waals surface area contributed by atoms with Gasteiger partial charge in [-0.25, -0.2) is 8.42 Å². The van der Waals surface area contributed by atoms with Crippen LogP contribution in [0.1, 0.15) is 5.56 Å². The van der Waals surface area contributed by atoms with Crippen molar-refractivity contribution < 1.29 is 22.7 Å². The van der Waals surface area contributed by atoms with Crippen LogP contribution in [-0.4, -0.2) is 52.6 Å². The van der Waals surface area contributed by atoms with Crippen molar-refractivity contribution in [3.8, 4) is 5.75 Å². The zero-order chi connectivity index (χ0) is 19.3. The highest BCUT2D eigenvalue weighted by molar-refractivity contribution is 7.92. The molecule has 0 bridgehead atoms. The first-order chi connectivity index (χ1) is 13.0. The number of ether oxygens (including phenoxy) is 2. The van der Waals surface area contributed by atoms with Crippen LogP contribution in [0.2, 0.25) is 0 Å². The number of sulfonamides is 1. The molecule has 2 aromatic carbocycles. The van der Waals surface area contributed by atoms with Gasteiger partial charge in [-0.1, -0.05) is 18.2 Å². The van der Waals surface area contributed by atoms with Crippen LogP contribution in [0, 0.1) is 0 Å². The molecule has 0 aliphatic carbocycles. The van der Waals surface area contributed by atoms with Gasteiger partial charge < -0.3 is 14.4 Å². The fourth-order valence-electron chi connectivity index (χ4n) is 2.77. The molecule has 1 fully saturated rings. The van der Waals surface area contributed by atoms with Gasteiger partial charge in [-0.3, -0.25) is 9.52 Å². The maximum absolute atomic E-state index is 12.5. The van der Waals surface area contributed by atoms with Crippen molar-refractivity contribution >= 4 is 21.6 Å². The third-order valence-electron chi connectivity index (χ3n) is 4.28. The van der Waals surface area contributed by atoms with Crippen LogP contribution in [0.25, 0.3) is 0 Å². The van der Waals surface area contributed by atoms with E-state index in [0.29, 0.717) is 37.7 Å². The molecule has 144 valence electrons. The number of rotatable bonds is 6. The average molecular weight is 390 g/mol. The highest BCUT2D eigenvalue weighted by atomic mass is 32.2. The molecule has 1 amide bonds. The summed E-state index contributed by atoms with van der Waals surface area (Å²) in [7, 11) is -2.24. The van der Waals surface area contributed by atoms with E-state index in [1.54, 1.807) is 41.3 Å². The minimum absolute atomic E-state index is 0.0445. The van der Waals surface area contributed by atoms with E-state index in [1.165, 1.54) is 19.2 Å². The van der Waals surface area contributed by atoms with Crippen molar-refractivity contribution in [1.82, 2.24) is 4.90 Å². The summed E-state index contributed by atoms with van der Waals surface area (Å²) in [5, 5.41) is 0. The Kier molecular flexibility index (Phi) is 5.98. The quantitative estimate of drug-likeness (QED) is 0.814. The second-order valence-corrected chi connectivity index (χ2v) is 7.83. The molecule has 3 rings (SSSR count). The zero-order valence-corrected chi connectivity index (χ0v) is 15.9. The largest absolute Gasteiger partial charge is 0.497 e. The Labute approximate surface area is 158 Å². The molecule has 7 nitrogen and oxygen atoms in total. The predicted molar refractivity (Wildman–Crippen MR) is 101 cm³/mol. The molecular formula is C19H22N2O5S. The van der Waals surface area contributed by atoms with Crippen LogP contribution < -0.4 is 9.46 Å². The number of anilines is 1. The Hall–Kier alpha value is -2.58. The Morgan fingerprint density at radius 1 is 1.15 bits per heavy atom. The van der Waals surface area contributed by atoms with E-state index < -0.39 is 10.0 Å². The highest BCUT2D eigenvalue weighted by Gasteiger charge is 2.18. The number of methoxy groups -OCH3 is 1. The van der Waals surface area contributed by atoms with Gasteiger partial charge in [-0.2, -0.15) is 0 Å². The summed E-state index contributed by atoms with van der Waals surface area (Å²) in [6.45, 7) is 2.35. The van der Waals surface area contributed by atoms with Gasteiger partial charge >= 0.3 is 0 Å². The topological polar surface area (TPSA) is 84.9 Å². The maximum Gasteiger partial charge on any atom is 0.262 e. The van der Waals surface area contributed by atoms with E-state index in [0.717, 1.165) is 5.56 Å². The second kappa shape index (κ2) is 8.41. The Morgan fingerprint density at radius 3 is 2.52 bits per heavy atom. The number of morpholine rings is 1. The minimum Gasteiger partial charge on any atom is -0.497 e. The van der Waals surface area contributed by atoms with Crippen molar-refractivity contribution in [2.75, 3.05) is 38.1 Å². The molecule has 1 saturated heterocycles. The summed E-state index contributed by atoms with van der Waals surface area (Å²) in [5.74, 6) is 0.512. The molecule has 8 heteroatoms. The lowest BCUT2D eigenvalue weighted by Crippen LogP contribution is -2.41. The van der Waals surface area contributed by atoms with E-state index in [-0.39, 0.29) is 17.2 Å².